The monoisotopic (exact) mass is 453 g/mol. The van der Waals surface area contributed by atoms with Gasteiger partial charge in [0, 0.05) is 60.6 Å². The molecule has 2 aliphatic rings. The van der Waals surface area contributed by atoms with Crippen LogP contribution >= 0.6 is 11.6 Å². The van der Waals surface area contributed by atoms with Crippen LogP contribution in [0.15, 0.2) is 36.4 Å². The molecule has 4 heterocycles. The Kier molecular flexibility index (Phi) is 6.02. The first-order valence-corrected chi connectivity index (χ1v) is 11.7. The summed E-state index contributed by atoms with van der Waals surface area (Å²) in [6.07, 6.45) is 3.96. The molecule has 1 N–H and O–H groups in total. The summed E-state index contributed by atoms with van der Waals surface area (Å²) in [5.74, 6) is 1.22. The number of benzene rings is 1. The van der Waals surface area contributed by atoms with E-state index in [-0.39, 0.29) is 17.9 Å². The maximum atomic E-state index is 12.6. The number of halogens is 1. The van der Waals surface area contributed by atoms with Gasteiger partial charge in [0.2, 0.25) is 5.91 Å². The molecule has 3 aromatic rings. The number of rotatable bonds is 5. The zero-order chi connectivity index (χ0) is 22.1. The average Bonchev–Trinajstić information content (AvgIpc) is 3.47. The van der Waals surface area contributed by atoms with Gasteiger partial charge in [-0.3, -0.25) is 4.79 Å². The van der Waals surface area contributed by atoms with Gasteiger partial charge < -0.3 is 15.0 Å². The molecule has 5 rings (SSSR count). The van der Waals surface area contributed by atoms with Gasteiger partial charge in [-0.05, 0) is 44.7 Å². The molecule has 0 unspecified atom stereocenters. The topological polar surface area (TPSA) is 71.8 Å². The van der Waals surface area contributed by atoms with Gasteiger partial charge >= 0.3 is 0 Å². The van der Waals surface area contributed by atoms with E-state index in [0.717, 1.165) is 73.8 Å². The second-order valence-electron chi connectivity index (χ2n) is 8.70. The number of aryl methyl sites for hydroxylation is 1. The quantitative estimate of drug-likeness (QED) is 0.635. The second-order valence-corrected chi connectivity index (χ2v) is 9.14. The zero-order valence-corrected chi connectivity index (χ0v) is 19.0. The molecule has 7 nitrogen and oxygen atoms in total. The summed E-state index contributed by atoms with van der Waals surface area (Å²) < 4.78 is 7.52. The molecular formula is C24H28ClN5O2. The smallest absolute Gasteiger partial charge is 0.223 e. The van der Waals surface area contributed by atoms with Crippen LogP contribution in [0.3, 0.4) is 0 Å². The van der Waals surface area contributed by atoms with Crippen molar-refractivity contribution < 1.29 is 9.53 Å². The van der Waals surface area contributed by atoms with E-state index in [9.17, 15) is 4.79 Å². The van der Waals surface area contributed by atoms with Gasteiger partial charge in [0.05, 0.1) is 11.8 Å². The van der Waals surface area contributed by atoms with Gasteiger partial charge in [-0.1, -0.05) is 23.7 Å². The Labute approximate surface area is 192 Å². The molecule has 0 saturated carbocycles. The minimum atomic E-state index is 0.0494. The Balaban J connectivity index is 1.29. The lowest BCUT2D eigenvalue weighted by molar-refractivity contribution is -0.126. The first-order chi connectivity index (χ1) is 15.6. The number of hydrogen-bond acceptors (Lipinski definition) is 5. The van der Waals surface area contributed by atoms with E-state index in [0.29, 0.717) is 11.6 Å². The molecule has 1 amide bonds. The van der Waals surface area contributed by atoms with Crippen LogP contribution in [-0.2, 0) is 9.53 Å². The number of anilines is 1. The van der Waals surface area contributed by atoms with Crippen molar-refractivity contribution in [3.05, 3.63) is 47.1 Å². The van der Waals surface area contributed by atoms with Crippen LogP contribution < -0.4 is 10.2 Å². The van der Waals surface area contributed by atoms with E-state index >= 15 is 0 Å². The van der Waals surface area contributed by atoms with Gasteiger partial charge in [-0.25, -0.2) is 4.98 Å². The molecule has 2 saturated heterocycles. The molecule has 0 bridgehead atoms. The number of ether oxygens (including phenoxy) is 1. The van der Waals surface area contributed by atoms with Crippen LogP contribution in [0.2, 0.25) is 5.02 Å². The molecule has 32 heavy (non-hydrogen) atoms. The normalized spacial score (nSPS) is 19.6. The van der Waals surface area contributed by atoms with Gasteiger partial charge in [-0.15, -0.1) is 0 Å². The Morgan fingerprint density at radius 3 is 2.69 bits per heavy atom. The van der Waals surface area contributed by atoms with Crippen molar-refractivity contribution in [1.29, 1.82) is 0 Å². The Bertz CT molecular complexity index is 1100. The van der Waals surface area contributed by atoms with Crippen molar-refractivity contribution in [2.75, 3.05) is 31.1 Å². The summed E-state index contributed by atoms with van der Waals surface area (Å²) in [4.78, 5) is 19.6. The Hall–Kier alpha value is -2.64. The van der Waals surface area contributed by atoms with E-state index in [1.54, 1.807) is 0 Å². The second kappa shape index (κ2) is 9.08. The first kappa shape index (κ1) is 21.2. The number of piperidine rings is 1. The number of aromatic nitrogens is 3. The lowest BCUT2D eigenvalue weighted by Gasteiger charge is -2.33. The van der Waals surface area contributed by atoms with E-state index < -0.39 is 0 Å². The van der Waals surface area contributed by atoms with E-state index in [1.165, 1.54) is 0 Å². The number of hydrogen-bond donors (Lipinski definition) is 1. The van der Waals surface area contributed by atoms with Crippen LogP contribution in [0.25, 0.3) is 16.9 Å². The molecule has 0 spiro atoms. The molecule has 2 aromatic heterocycles. The fraction of sp³-hybridized carbons (Fsp3) is 0.458. The standard InChI is InChI=1S/C24H28ClN5O2/c1-16-13-23(30-22(27-16)14-21(28-30)17-4-6-19(25)7-5-17)29-10-8-18(9-11-29)24(31)26-15-20-3-2-12-32-20/h4-7,13-14,18,20H,2-3,8-12,15H2,1H3,(H,26,31)/t20-/m0/s1. The van der Waals surface area contributed by atoms with Crippen LogP contribution in [0, 0.1) is 12.8 Å². The summed E-state index contributed by atoms with van der Waals surface area (Å²) >= 11 is 6.03. The molecule has 1 aromatic carbocycles. The number of nitrogens with one attached hydrogen (secondary N) is 1. The third kappa shape index (κ3) is 4.45. The summed E-state index contributed by atoms with van der Waals surface area (Å²) in [6, 6.07) is 11.8. The minimum Gasteiger partial charge on any atom is -0.376 e. The highest BCUT2D eigenvalue weighted by Gasteiger charge is 2.27. The van der Waals surface area contributed by atoms with Crippen LogP contribution in [-0.4, -0.2) is 52.9 Å². The number of carbonyl (C=O) groups is 1. The third-order valence-corrected chi connectivity index (χ3v) is 6.65. The lowest BCUT2D eigenvalue weighted by atomic mass is 9.96. The fourth-order valence-electron chi connectivity index (χ4n) is 4.60. The molecule has 0 radical (unpaired) electrons. The summed E-state index contributed by atoms with van der Waals surface area (Å²) in [6.45, 7) is 5.07. The zero-order valence-electron chi connectivity index (χ0n) is 18.3. The van der Waals surface area contributed by atoms with Crippen molar-refractivity contribution in [2.24, 2.45) is 5.92 Å². The summed E-state index contributed by atoms with van der Waals surface area (Å²) in [5.41, 5.74) is 3.64. The predicted octanol–water partition coefficient (Wildman–Crippen LogP) is 3.87. The SMILES string of the molecule is Cc1cc(N2CCC(C(=O)NC[C@@H]3CCCO3)CC2)n2nc(-c3ccc(Cl)cc3)cc2n1. The van der Waals surface area contributed by atoms with E-state index in [2.05, 4.69) is 21.3 Å². The van der Waals surface area contributed by atoms with E-state index in [1.807, 2.05) is 41.8 Å². The van der Waals surface area contributed by atoms with Gasteiger partial charge in [0.1, 0.15) is 5.82 Å². The highest BCUT2D eigenvalue weighted by molar-refractivity contribution is 6.30. The van der Waals surface area contributed by atoms with Gasteiger partial charge in [0.25, 0.3) is 0 Å². The predicted molar refractivity (Wildman–Crippen MR) is 125 cm³/mol. The largest absolute Gasteiger partial charge is 0.376 e. The summed E-state index contributed by atoms with van der Waals surface area (Å²) in [5, 5.41) is 8.63. The number of amides is 1. The Morgan fingerprint density at radius 2 is 1.97 bits per heavy atom. The first-order valence-electron chi connectivity index (χ1n) is 11.3. The summed E-state index contributed by atoms with van der Waals surface area (Å²) in [7, 11) is 0. The molecule has 2 fully saturated rings. The lowest BCUT2D eigenvalue weighted by Crippen LogP contribution is -2.43. The van der Waals surface area contributed by atoms with Crippen molar-refractivity contribution in [2.45, 2.75) is 38.7 Å². The minimum absolute atomic E-state index is 0.0494. The molecule has 0 aliphatic carbocycles. The van der Waals surface area contributed by atoms with E-state index in [4.69, 9.17) is 21.4 Å². The molecule has 168 valence electrons. The molecule has 1 atom stereocenters. The average molecular weight is 454 g/mol. The highest BCUT2D eigenvalue weighted by Crippen LogP contribution is 2.27. The van der Waals surface area contributed by atoms with Crippen molar-refractivity contribution in [3.63, 3.8) is 0 Å². The van der Waals surface area contributed by atoms with Crippen molar-refractivity contribution in [3.8, 4) is 11.3 Å². The molecular weight excluding hydrogens is 426 g/mol. The van der Waals surface area contributed by atoms with Crippen molar-refractivity contribution >= 4 is 29.0 Å². The Morgan fingerprint density at radius 1 is 1.19 bits per heavy atom. The fourth-order valence-corrected chi connectivity index (χ4v) is 4.73. The van der Waals surface area contributed by atoms with Crippen LogP contribution in [0.4, 0.5) is 5.82 Å². The van der Waals surface area contributed by atoms with Crippen LogP contribution in [0.5, 0.6) is 0 Å². The third-order valence-electron chi connectivity index (χ3n) is 6.39. The number of nitrogens with zero attached hydrogens (tertiary/aromatic N) is 4. The number of fused-ring (bicyclic) bond motifs is 1. The van der Waals surface area contributed by atoms with Gasteiger partial charge in [0.15, 0.2) is 5.65 Å². The highest BCUT2D eigenvalue weighted by atomic mass is 35.5. The van der Waals surface area contributed by atoms with Crippen LogP contribution in [0.1, 0.15) is 31.4 Å². The maximum Gasteiger partial charge on any atom is 0.223 e. The molecule has 2 aliphatic heterocycles. The molecule has 8 heteroatoms. The van der Waals surface area contributed by atoms with Gasteiger partial charge in [-0.2, -0.15) is 9.61 Å². The maximum absolute atomic E-state index is 12.6. The van der Waals surface area contributed by atoms with Crippen molar-refractivity contribution in [1.82, 2.24) is 19.9 Å². The number of carbonyl (C=O) groups excluding carboxylic acids is 1.